The SMILES string of the molecule is Cc1cc(C)c(S(=O)(=O)N2CC(C)OCC2C)cc1CN. The van der Waals surface area contributed by atoms with Gasteiger partial charge in [0.15, 0.2) is 0 Å². The minimum atomic E-state index is -3.53. The van der Waals surface area contributed by atoms with Gasteiger partial charge in [0.25, 0.3) is 0 Å². The molecule has 1 aromatic carbocycles. The summed E-state index contributed by atoms with van der Waals surface area (Å²) in [7, 11) is -3.53. The van der Waals surface area contributed by atoms with Crippen LogP contribution in [0.1, 0.15) is 30.5 Å². The normalized spacial score (nSPS) is 24.2. The first-order chi connectivity index (χ1) is 9.77. The number of hydrogen-bond acceptors (Lipinski definition) is 4. The lowest BCUT2D eigenvalue weighted by Crippen LogP contribution is -2.50. The fraction of sp³-hybridized carbons (Fsp3) is 0.600. The molecule has 1 saturated heterocycles. The molecule has 2 N–H and O–H groups in total. The van der Waals surface area contributed by atoms with Gasteiger partial charge in [-0.05, 0) is 50.5 Å². The zero-order valence-corrected chi connectivity index (χ0v) is 13.9. The van der Waals surface area contributed by atoms with E-state index in [1.807, 2.05) is 33.8 Å². The van der Waals surface area contributed by atoms with Crippen molar-refractivity contribution in [2.24, 2.45) is 5.73 Å². The predicted octanol–water partition coefficient (Wildman–Crippen LogP) is 1.56. The maximum atomic E-state index is 13.0. The summed E-state index contributed by atoms with van der Waals surface area (Å²) in [5.74, 6) is 0. The molecule has 1 heterocycles. The van der Waals surface area contributed by atoms with Crippen molar-refractivity contribution in [3.63, 3.8) is 0 Å². The highest BCUT2D eigenvalue weighted by atomic mass is 32.2. The van der Waals surface area contributed by atoms with E-state index in [1.165, 1.54) is 0 Å². The van der Waals surface area contributed by atoms with Crippen LogP contribution in [0.5, 0.6) is 0 Å². The van der Waals surface area contributed by atoms with E-state index in [0.717, 1.165) is 16.7 Å². The lowest BCUT2D eigenvalue weighted by atomic mass is 10.1. The molecule has 0 bridgehead atoms. The molecular weight excluding hydrogens is 288 g/mol. The fourth-order valence-electron chi connectivity index (χ4n) is 2.71. The first-order valence-electron chi connectivity index (χ1n) is 7.21. The second kappa shape index (κ2) is 6.04. The van der Waals surface area contributed by atoms with Crippen molar-refractivity contribution >= 4 is 10.0 Å². The van der Waals surface area contributed by atoms with E-state index >= 15 is 0 Å². The van der Waals surface area contributed by atoms with Crippen LogP contribution in [0.15, 0.2) is 17.0 Å². The third-order valence-electron chi connectivity index (χ3n) is 3.99. The summed E-state index contributed by atoms with van der Waals surface area (Å²) in [6.45, 7) is 8.69. The van der Waals surface area contributed by atoms with Crippen LogP contribution < -0.4 is 5.73 Å². The van der Waals surface area contributed by atoms with Gasteiger partial charge in [-0.15, -0.1) is 0 Å². The Morgan fingerprint density at radius 1 is 1.29 bits per heavy atom. The van der Waals surface area contributed by atoms with Crippen LogP contribution in [-0.4, -0.2) is 38.0 Å². The molecule has 0 amide bonds. The van der Waals surface area contributed by atoms with E-state index in [4.69, 9.17) is 10.5 Å². The molecule has 21 heavy (non-hydrogen) atoms. The number of hydrogen-bond donors (Lipinski definition) is 1. The summed E-state index contributed by atoms with van der Waals surface area (Å²) in [5.41, 5.74) is 8.37. The topological polar surface area (TPSA) is 72.6 Å². The number of benzene rings is 1. The van der Waals surface area contributed by atoms with Crippen LogP contribution in [0.3, 0.4) is 0 Å². The minimum absolute atomic E-state index is 0.0873. The van der Waals surface area contributed by atoms with Gasteiger partial charge in [-0.1, -0.05) is 6.07 Å². The highest BCUT2D eigenvalue weighted by Crippen LogP contribution is 2.27. The van der Waals surface area contributed by atoms with Crippen molar-refractivity contribution in [3.05, 3.63) is 28.8 Å². The molecule has 2 atom stereocenters. The molecule has 1 aliphatic heterocycles. The van der Waals surface area contributed by atoms with Gasteiger partial charge in [-0.2, -0.15) is 4.31 Å². The van der Waals surface area contributed by atoms with Crippen molar-refractivity contribution in [3.8, 4) is 0 Å². The van der Waals surface area contributed by atoms with E-state index < -0.39 is 10.0 Å². The van der Waals surface area contributed by atoms with Crippen LogP contribution in [0.2, 0.25) is 0 Å². The van der Waals surface area contributed by atoms with Crippen molar-refractivity contribution in [2.45, 2.75) is 51.3 Å². The van der Waals surface area contributed by atoms with E-state index in [0.29, 0.717) is 24.6 Å². The molecule has 1 aromatic rings. The molecule has 1 aliphatic rings. The minimum Gasteiger partial charge on any atom is -0.375 e. The molecule has 0 aromatic heterocycles. The third-order valence-corrected chi connectivity index (χ3v) is 6.11. The Labute approximate surface area is 127 Å². The van der Waals surface area contributed by atoms with E-state index in [2.05, 4.69) is 0 Å². The van der Waals surface area contributed by atoms with Gasteiger partial charge in [-0.25, -0.2) is 8.42 Å². The molecule has 0 saturated carbocycles. The van der Waals surface area contributed by atoms with Gasteiger partial charge in [0, 0.05) is 19.1 Å². The highest BCUT2D eigenvalue weighted by Gasteiger charge is 2.35. The molecule has 0 spiro atoms. The zero-order valence-electron chi connectivity index (χ0n) is 13.1. The maximum Gasteiger partial charge on any atom is 0.243 e. The lowest BCUT2D eigenvalue weighted by molar-refractivity contribution is -0.0170. The van der Waals surface area contributed by atoms with E-state index in [1.54, 1.807) is 10.4 Å². The Kier molecular flexibility index (Phi) is 4.72. The average Bonchev–Trinajstić information content (AvgIpc) is 2.41. The summed E-state index contributed by atoms with van der Waals surface area (Å²) in [6.07, 6.45) is -0.0873. The molecule has 5 nitrogen and oxygen atoms in total. The van der Waals surface area contributed by atoms with Gasteiger partial charge in [0.1, 0.15) is 0 Å². The lowest BCUT2D eigenvalue weighted by Gasteiger charge is -2.36. The largest absolute Gasteiger partial charge is 0.375 e. The average molecular weight is 312 g/mol. The Balaban J connectivity index is 2.48. The standard InChI is InChI=1S/C15H24N2O3S/c1-10-5-11(2)15(6-14(10)7-16)21(18,19)17-8-13(4)20-9-12(17)3/h5-6,12-13H,7-9,16H2,1-4H3. The summed E-state index contributed by atoms with van der Waals surface area (Å²) >= 11 is 0. The van der Waals surface area contributed by atoms with Crippen LogP contribution in [0.4, 0.5) is 0 Å². The van der Waals surface area contributed by atoms with Crippen LogP contribution in [-0.2, 0) is 21.3 Å². The number of morpholine rings is 1. The maximum absolute atomic E-state index is 13.0. The van der Waals surface area contributed by atoms with Crippen molar-refractivity contribution in [1.29, 1.82) is 0 Å². The Hall–Kier alpha value is -0.950. The molecule has 6 heteroatoms. The first-order valence-corrected chi connectivity index (χ1v) is 8.65. The highest BCUT2D eigenvalue weighted by molar-refractivity contribution is 7.89. The smallest absolute Gasteiger partial charge is 0.243 e. The summed E-state index contributed by atoms with van der Waals surface area (Å²) in [6, 6.07) is 3.45. The zero-order chi connectivity index (χ0) is 15.8. The van der Waals surface area contributed by atoms with E-state index in [9.17, 15) is 8.42 Å². The summed E-state index contributed by atoms with van der Waals surface area (Å²) in [4.78, 5) is 0.356. The quantitative estimate of drug-likeness (QED) is 0.919. The second-order valence-electron chi connectivity index (χ2n) is 5.82. The molecule has 0 radical (unpaired) electrons. The van der Waals surface area contributed by atoms with Gasteiger partial charge >= 0.3 is 0 Å². The van der Waals surface area contributed by atoms with Gasteiger partial charge < -0.3 is 10.5 Å². The molecule has 2 unspecified atom stereocenters. The number of aryl methyl sites for hydroxylation is 2. The molecule has 0 aliphatic carbocycles. The third kappa shape index (κ3) is 3.13. The summed E-state index contributed by atoms with van der Waals surface area (Å²) in [5, 5.41) is 0. The predicted molar refractivity (Wildman–Crippen MR) is 82.6 cm³/mol. The van der Waals surface area contributed by atoms with Crippen molar-refractivity contribution in [2.75, 3.05) is 13.2 Å². The fourth-order valence-corrected chi connectivity index (χ4v) is 4.66. The molecule has 118 valence electrons. The number of rotatable bonds is 3. The molecular formula is C15H24N2O3S. The molecule has 1 fully saturated rings. The Morgan fingerprint density at radius 3 is 2.57 bits per heavy atom. The Morgan fingerprint density at radius 2 is 1.95 bits per heavy atom. The summed E-state index contributed by atoms with van der Waals surface area (Å²) < 4.78 is 33.0. The number of ether oxygens (including phenoxy) is 1. The van der Waals surface area contributed by atoms with Crippen LogP contribution >= 0.6 is 0 Å². The van der Waals surface area contributed by atoms with Crippen LogP contribution in [0.25, 0.3) is 0 Å². The number of sulfonamides is 1. The second-order valence-corrected chi connectivity index (χ2v) is 7.67. The Bertz CT molecular complexity index is 628. The molecule has 2 rings (SSSR count). The number of nitrogens with zero attached hydrogens (tertiary/aromatic N) is 1. The number of nitrogens with two attached hydrogens (primary N) is 1. The van der Waals surface area contributed by atoms with E-state index in [-0.39, 0.29) is 12.1 Å². The van der Waals surface area contributed by atoms with Crippen molar-refractivity contribution in [1.82, 2.24) is 4.31 Å². The first kappa shape index (κ1) is 16.4. The van der Waals surface area contributed by atoms with Gasteiger partial charge in [0.05, 0.1) is 17.6 Å². The monoisotopic (exact) mass is 312 g/mol. The van der Waals surface area contributed by atoms with Crippen LogP contribution in [0, 0.1) is 13.8 Å². The van der Waals surface area contributed by atoms with Crippen molar-refractivity contribution < 1.29 is 13.2 Å². The van der Waals surface area contributed by atoms with Gasteiger partial charge in [0.2, 0.25) is 10.0 Å². The van der Waals surface area contributed by atoms with Gasteiger partial charge in [-0.3, -0.25) is 0 Å².